The van der Waals surface area contributed by atoms with Gasteiger partial charge in [-0.3, -0.25) is 4.79 Å². The Labute approximate surface area is 179 Å². The third kappa shape index (κ3) is 6.59. The van der Waals surface area contributed by atoms with E-state index in [0.29, 0.717) is 23.8 Å². The van der Waals surface area contributed by atoms with Gasteiger partial charge in [-0.05, 0) is 61.8 Å². The zero-order valence-corrected chi connectivity index (χ0v) is 17.9. The highest BCUT2D eigenvalue weighted by molar-refractivity contribution is 5.95. The summed E-state index contributed by atoms with van der Waals surface area (Å²) in [5.74, 6) is -0.0495. The molecule has 3 N–H and O–H groups in total. The second-order valence-corrected chi connectivity index (χ2v) is 7.99. The fraction of sp³-hybridized carbons (Fsp3) is 0.417. The van der Waals surface area contributed by atoms with Gasteiger partial charge in [-0.2, -0.15) is 0 Å². The molecule has 160 valence electrons. The second-order valence-electron chi connectivity index (χ2n) is 7.99. The van der Waals surface area contributed by atoms with Gasteiger partial charge in [0.1, 0.15) is 0 Å². The Morgan fingerprint density at radius 2 is 1.73 bits per heavy atom. The van der Waals surface area contributed by atoms with Crippen LogP contribution in [-0.2, 0) is 13.1 Å². The zero-order chi connectivity index (χ0) is 21.3. The van der Waals surface area contributed by atoms with Crippen LogP contribution in [0, 0.1) is 0 Å². The summed E-state index contributed by atoms with van der Waals surface area (Å²) in [5, 5.41) is 8.77. The van der Waals surface area contributed by atoms with Crippen molar-refractivity contribution in [3.8, 4) is 0 Å². The van der Waals surface area contributed by atoms with Gasteiger partial charge in [0.2, 0.25) is 0 Å². The Bertz CT molecular complexity index is 845. The topological polar surface area (TPSA) is 73.5 Å². The fourth-order valence-corrected chi connectivity index (χ4v) is 3.66. The molecule has 2 aromatic rings. The van der Waals surface area contributed by atoms with Crippen LogP contribution in [0.5, 0.6) is 0 Å². The van der Waals surface area contributed by atoms with Crippen LogP contribution in [-0.4, -0.2) is 36.5 Å². The summed E-state index contributed by atoms with van der Waals surface area (Å²) < 4.78 is 0. The molecule has 6 heteroatoms. The Kier molecular flexibility index (Phi) is 7.85. The van der Waals surface area contributed by atoms with E-state index in [1.807, 2.05) is 12.1 Å². The van der Waals surface area contributed by atoms with Crippen molar-refractivity contribution < 1.29 is 9.59 Å². The Morgan fingerprint density at radius 3 is 2.43 bits per heavy atom. The SMILES string of the molecule is CCN(C)Cc1cccc(CNC(=O)Nc2ccc(C(=O)NC3CCCC3)cc2)c1. The summed E-state index contributed by atoms with van der Waals surface area (Å²) >= 11 is 0. The number of hydrogen-bond acceptors (Lipinski definition) is 3. The van der Waals surface area contributed by atoms with Gasteiger partial charge in [0, 0.05) is 30.4 Å². The van der Waals surface area contributed by atoms with Crippen LogP contribution in [0.1, 0.15) is 54.1 Å². The standard InChI is InChI=1S/C24H32N4O2/c1-3-28(2)17-19-8-6-7-18(15-19)16-25-24(30)27-22-13-11-20(12-14-22)23(29)26-21-9-4-5-10-21/h6-8,11-15,21H,3-5,9-10,16-17H2,1-2H3,(H,26,29)(H2,25,27,30). The van der Waals surface area contributed by atoms with Crippen LogP contribution in [0.15, 0.2) is 48.5 Å². The molecule has 0 radical (unpaired) electrons. The largest absolute Gasteiger partial charge is 0.349 e. The highest BCUT2D eigenvalue weighted by Gasteiger charge is 2.17. The maximum atomic E-state index is 12.3. The van der Waals surface area contributed by atoms with E-state index in [1.165, 1.54) is 18.4 Å². The lowest BCUT2D eigenvalue weighted by Gasteiger charge is -2.15. The van der Waals surface area contributed by atoms with E-state index in [-0.39, 0.29) is 11.9 Å². The van der Waals surface area contributed by atoms with Crippen LogP contribution in [0.2, 0.25) is 0 Å². The summed E-state index contributed by atoms with van der Waals surface area (Å²) in [6.45, 7) is 4.46. The molecule has 1 aliphatic carbocycles. The average molecular weight is 409 g/mol. The summed E-state index contributed by atoms with van der Waals surface area (Å²) in [6.07, 6.45) is 4.49. The zero-order valence-electron chi connectivity index (χ0n) is 17.9. The number of carbonyl (C=O) groups excluding carboxylic acids is 2. The fourth-order valence-electron chi connectivity index (χ4n) is 3.66. The molecular weight excluding hydrogens is 376 g/mol. The second kappa shape index (κ2) is 10.8. The van der Waals surface area contributed by atoms with Crippen molar-refractivity contribution in [2.75, 3.05) is 18.9 Å². The molecule has 6 nitrogen and oxygen atoms in total. The van der Waals surface area contributed by atoms with E-state index in [0.717, 1.165) is 31.5 Å². The Hall–Kier alpha value is -2.86. The highest BCUT2D eigenvalue weighted by atomic mass is 16.2. The van der Waals surface area contributed by atoms with Gasteiger partial charge in [0.25, 0.3) is 5.91 Å². The summed E-state index contributed by atoms with van der Waals surface area (Å²) in [7, 11) is 2.09. The van der Waals surface area contributed by atoms with Crippen molar-refractivity contribution in [1.29, 1.82) is 0 Å². The summed E-state index contributed by atoms with van der Waals surface area (Å²) in [5.41, 5.74) is 3.56. The normalized spacial score (nSPS) is 14.0. The molecule has 0 heterocycles. The predicted molar refractivity (Wildman–Crippen MR) is 120 cm³/mol. The molecule has 0 spiro atoms. The van der Waals surface area contributed by atoms with E-state index in [9.17, 15) is 9.59 Å². The van der Waals surface area contributed by atoms with Gasteiger partial charge >= 0.3 is 6.03 Å². The number of urea groups is 1. The number of rotatable bonds is 8. The molecule has 1 saturated carbocycles. The van der Waals surface area contributed by atoms with Crippen LogP contribution in [0.25, 0.3) is 0 Å². The van der Waals surface area contributed by atoms with Crippen molar-refractivity contribution in [1.82, 2.24) is 15.5 Å². The number of benzene rings is 2. The molecular formula is C24H32N4O2. The minimum atomic E-state index is -0.269. The number of anilines is 1. The first-order valence-electron chi connectivity index (χ1n) is 10.8. The lowest BCUT2D eigenvalue weighted by Crippen LogP contribution is -2.32. The Morgan fingerprint density at radius 1 is 1.03 bits per heavy atom. The Balaban J connectivity index is 1.46. The van der Waals surface area contributed by atoms with E-state index < -0.39 is 0 Å². The maximum Gasteiger partial charge on any atom is 0.319 e. The van der Waals surface area contributed by atoms with Crippen molar-refractivity contribution in [2.45, 2.75) is 51.7 Å². The number of amides is 3. The number of nitrogens with one attached hydrogen (secondary N) is 3. The number of nitrogens with zero attached hydrogens (tertiary/aromatic N) is 1. The molecule has 0 aromatic heterocycles. The molecule has 2 aromatic carbocycles. The number of hydrogen-bond donors (Lipinski definition) is 3. The van der Waals surface area contributed by atoms with Crippen LogP contribution in [0.4, 0.5) is 10.5 Å². The van der Waals surface area contributed by atoms with Crippen LogP contribution in [0.3, 0.4) is 0 Å². The average Bonchev–Trinajstić information content (AvgIpc) is 3.26. The van der Waals surface area contributed by atoms with E-state index in [2.05, 4.69) is 47.0 Å². The van der Waals surface area contributed by atoms with Gasteiger partial charge in [0.15, 0.2) is 0 Å². The van der Waals surface area contributed by atoms with Crippen molar-refractivity contribution in [2.24, 2.45) is 0 Å². The third-order valence-electron chi connectivity index (χ3n) is 5.53. The van der Waals surface area contributed by atoms with Crippen molar-refractivity contribution in [3.63, 3.8) is 0 Å². The van der Waals surface area contributed by atoms with E-state index in [4.69, 9.17) is 0 Å². The smallest absolute Gasteiger partial charge is 0.319 e. The van der Waals surface area contributed by atoms with Gasteiger partial charge in [-0.15, -0.1) is 0 Å². The lowest BCUT2D eigenvalue weighted by atomic mass is 10.1. The summed E-state index contributed by atoms with van der Waals surface area (Å²) in [6, 6.07) is 15.3. The lowest BCUT2D eigenvalue weighted by molar-refractivity contribution is 0.0938. The highest BCUT2D eigenvalue weighted by Crippen LogP contribution is 2.18. The first-order chi connectivity index (χ1) is 14.5. The quantitative estimate of drug-likeness (QED) is 0.615. The first kappa shape index (κ1) is 21.8. The molecule has 3 rings (SSSR count). The molecule has 0 unspecified atom stereocenters. The minimum Gasteiger partial charge on any atom is -0.349 e. The molecule has 30 heavy (non-hydrogen) atoms. The van der Waals surface area contributed by atoms with Gasteiger partial charge < -0.3 is 20.9 Å². The summed E-state index contributed by atoms with van der Waals surface area (Å²) in [4.78, 5) is 26.8. The molecule has 1 fully saturated rings. The maximum absolute atomic E-state index is 12.3. The molecule has 3 amide bonds. The van der Waals surface area contributed by atoms with Gasteiger partial charge in [-0.1, -0.05) is 44.0 Å². The molecule has 0 aliphatic heterocycles. The molecule has 0 saturated heterocycles. The van der Waals surface area contributed by atoms with Gasteiger partial charge in [0.05, 0.1) is 0 Å². The predicted octanol–water partition coefficient (Wildman–Crippen LogP) is 4.13. The molecule has 1 aliphatic rings. The molecule has 0 atom stereocenters. The van der Waals surface area contributed by atoms with Gasteiger partial charge in [-0.25, -0.2) is 4.79 Å². The van der Waals surface area contributed by atoms with Crippen molar-refractivity contribution >= 4 is 17.6 Å². The van der Waals surface area contributed by atoms with Crippen LogP contribution >= 0.6 is 0 Å². The third-order valence-corrected chi connectivity index (χ3v) is 5.53. The molecule has 0 bridgehead atoms. The van der Waals surface area contributed by atoms with E-state index in [1.54, 1.807) is 24.3 Å². The number of carbonyl (C=O) groups is 2. The van der Waals surface area contributed by atoms with Crippen molar-refractivity contribution in [3.05, 3.63) is 65.2 Å². The van der Waals surface area contributed by atoms with E-state index >= 15 is 0 Å². The monoisotopic (exact) mass is 408 g/mol. The minimum absolute atomic E-state index is 0.0495. The first-order valence-corrected chi connectivity index (χ1v) is 10.8. The van der Waals surface area contributed by atoms with Crippen LogP contribution < -0.4 is 16.0 Å².